The number of fused-ring (bicyclic) bond motifs is 1. The van der Waals surface area contributed by atoms with Crippen LogP contribution in [0.5, 0.6) is 0 Å². The predicted molar refractivity (Wildman–Crippen MR) is 123 cm³/mol. The monoisotopic (exact) mass is 431 g/mol. The quantitative estimate of drug-likeness (QED) is 0.374. The van der Waals surface area contributed by atoms with Crippen LogP contribution in [0.3, 0.4) is 0 Å². The number of halogens is 1. The predicted octanol–water partition coefficient (Wildman–Crippen LogP) is 5.58. The number of hydrogen-bond acceptors (Lipinski definition) is 4. The minimum absolute atomic E-state index is 0.0299. The molecule has 1 amide bonds. The van der Waals surface area contributed by atoms with E-state index in [1.54, 1.807) is 17.0 Å². The van der Waals surface area contributed by atoms with Crippen molar-refractivity contribution >= 4 is 28.4 Å². The van der Waals surface area contributed by atoms with Crippen LogP contribution in [0.4, 0.5) is 4.39 Å². The van der Waals surface area contributed by atoms with E-state index in [1.807, 2.05) is 68.6 Å². The van der Waals surface area contributed by atoms with Crippen molar-refractivity contribution in [3.8, 4) is 11.3 Å². The molecule has 4 rings (SSSR count). The van der Waals surface area contributed by atoms with Crippen LogP contribution < -0.4 is 0 Å². The van der Waals surface area contributed by atoms with Gasteiger partial charge < -0.3 is 4.90 Å². The number of thioether (sulfide) groups is 1. The molecule has 0 saturated carbocycles. The van der Waals surface area contributed by atoms with Gasteiger partial charge in [-0.1, -0.05) is 66.4 Å². The van der Waals surface area contributed by atoms with Crippen molar-refractivity contribution in [2.75, 3.05) is 7.05 Å². The van der Waals surface area contributed by atoms with Gasteiger partial charge in [0.25, 0.3) is 0 Å². The Bertz CT molecular complexity index is 1200. The van der Waals surface area contributed by atoms with Gasteiger partial charge in [0.15, 0.2) is 0 Å². The lowest BCUT2D eigenvalue weighted by atomic mass is 10.1. The molecule has 0 N–H and O–H groups in total. The summed E-state index contributed by atoms with van der Waals surface area (Å²) in [5, 5.41) is 11.1. The van der Waals surface area contributed by atoms with Crippen molar-refractivity contribution in [1.29, 1.82) is 0 Å². The Morgan fingerprint density at radius 1 is 0.935 bits per heavy atom. The first-order chi connectivity index (χ1) is 15.0. The maximum atomic E-state index is 13.3. The highest BCUT2D eigenvalue weighted by Gasteiger charge is 2.21. The molecule has 0 aliphatic rings. The standard InChI is InChI=1S/C25H22FN3OS/c1-17(25(30)29(2)16-18-8-4-3-5-9-18)31-24-22-11-7-6-10-21(22)23(27-28-24)19-12-14-20(26)15-13-19/h3-15,17H,16H2,1-2H3. The lowest BCUT2D eigenvalue weighted by Gasteiger charge is -2.21. The Morgan fingerprint density at radius 2 is 1.58 bits per heavy atom. The fraction of sp³-hybridized carbons (Fsp3) is 0.160. The van der Waals surface area contributed by atoms with E-state index in [-0.39, 0.29) is 17.0 Å². The largest absolute Gasteiger partial charge is 0.340 e. The first-order valence-electron chi connectivity index (χ1n) is 10.00. The van der Waals surface area contributed by atoms with Gasteiger partial charge in [-0.25, -0.2) is 4.39 Å². The molecule has 0 aliphatic carbocycles. The van der Waals surface area contributed by atoms with Crippen molar-refractivity contribution in [2.24, 2.45) is 0 Å². The molecule has 0 aliphatic heterocycles. The average molecular weight is 432 g/mol. The van der Waals surface area contributed by atoms with Gasteiger partial charge in [-0.3, -0.25) is 4.79 Å². The normalized spacial score (nSPS) is 12.0. The van der Waals surface area contributed by atoms with Gasteiger partial charge in [0.1, 0.15) is 16.5 Å². The fourth-order valence-electron chi connectivity index (χ4n) is 3.45. The Balaban J connectivity index is 1.58. The average Bonchev–Trinajstić information content (AvgIpc) is 2.80. The topological polar surface area (TPSA) is 46.1 Å². The molecule has 3 aromatic carbocycles. The van der Waals surface area contributed by atoms with E-state index >= 15 is 0 Å². The minimum Gasteiger partial charge on any atom is -0.340 e. The highest BCUT2D eigenvalue weighted by atomic mass is 32.2. The Hall–Kier alpha value is -3.25. The highest BCUT2D eigenvalue weighted by Crippen LogP contribution is 2.33. The van der Waals surface area contributed by atoms with Gasteiger partial charge in [-0.05, 0) is 36.8 Å². The van der Waals surface area contributed by atoms with Crippen LogP contribution in [-0.4, -0.2) is 33.3 Å². The molecule has 6 heteroatoms. The maximum absolute atomic E-state index is 13.3. The molecule has 1 heterocycles. The van der Waals surface area contributed by atoms with Crippen molar-refractivity contribution in [3.63, 3.8) is 0 Å². The van der Waals surface area contributed by atoms with Crippen LogP contribution in [-0.2, 0) is 11.3 Å². The highest BCUT2D eigenvalue weighted by molar-refractivity contribution is 8.00. The van der Waals surface area contributed by atoms with E-state index in [0.29, 0.717) is 17.3 Å². The summed E-state index contributed by atoms with van der Waals surface area (Å²) in [7, 11) is 1.81. The molecule has 0 saturated heterocycles. The van der Waals surface area contributed by atoms with Crippen LogP contribution in [0, 0.1) is 5.82 Å². The molecule has 4 nitrogen and oxygen atoms in total. The molecule has 0 fully saturated rings. The van der Waals surface area contributed by atoms with E-state index in [1.165, 1.54) is 23.9 Å². The number of amides is 1. The third kappa shape index (κ3) is 4.75. The first-order valence-corrected chi connectivity index (χ1v) is 10.9. The van der Waals surface area contributed by atoms with Crippen LogP contribution in [0.25, 0.3) is 22.0 Å². The number of carbonyl (C=O) groups excluding carboxylic acids is 1. The Labute approximate surface area is 185 Å². The van der Waals surface area contributed by atoms with Crippen molar-refractivity contribution in [1.82, 2.24) is 15.1 Å². The number of rotatable bonds is 6. The SMILES string of the molecule is CC(Sc1nnc(-c2ccc(F)cc2)c2ccccc12)C(=O)N(C)Cc1ccccc1. The second kappa shape index (κ2) is 9.27. The van der Waals surface area contributed by atoms with E-state index in [9.17, 15) is 9.18 Å². The zero-order valence-corrected chi connectivity index (χ0v) is 18.1. The van der Waals surface area contributed by atoms with Crippen molar-refractivity contribution < 1.29 is 9.18 Å². The Kier molecular flexibility index (Phi) is 6.28. The van der Waals surface area contributed by atoms with Crippen molar-refractivity contribution in [2.45, 2.75) is 23.7 Å². The lowest BCUT2D eigenvalue weighted by molar-refractivity contribution is -0.129. The van der Waals surface area contributed by atoms with Gasteiger partial charge in [-0.2, -0.15) is 0 Å². The molecule has 1 aromatic heterocycles. The van der Waals surface area contributed by atoms with Crippen LogP contribution in [0.15, 0.2) is 83.9 Å². The minimum atomic E-state index is -0.317. The van der Waals surface area contributed by atoms with E-state index in [0.717, 1.165) is 21.9 Å². The Morgan fingerprint density at radius 3 is 2.29 bits per heavy atom. The second-order valence-corrected chi connectivity index (χ2v) is 8.68. The van der Waals surface area contributed by atoms with E-state index < -0.39 is 0 Å². The summed E-state index contributed by atoms with van der Waals surface area (Å²) < 4.78 is 13.3. The first kappa shape index (κ1) is 21.0. The molecule has 156 valence electrons. The van der Waals surface area contributed by atoms with Gasteiger partial charge in [0.05, 0.1) is 5.25 Å². The van der Waals surface area contributed by atoms with E-state index in [4.69, 9.17) is 0 Å². The fourth-order valence-corrected chi connectivity index (χ4v) is 4.46. The van der Waals surface area contributed by atoms with E-state index in [2.05, 4.69) is 10.2 Å². The molecule has 0 bridgehead atoms. The number of nitrogens with zero attached hydrogens (tertiary/aromatic N) is 3. The number of benzene rings is 3. The summed E-state index contributed by atoms with van der Waals surface area (Å²) >= 11 is 1.40. The zero-order chi connectivity index (χ0) is 21.8. The summed E-state index contributed by atoms with van der Waals surface area (Å²) in [4.78, 5) is 14.7. The number of hydrogen-bond donors (Lipinski definition) is 0. The smallest absolute Gasteiger partial charge is 0.235 e. The molecule has 4 aromatic rings. The van der Waals surface area contributed by atoms with Gasteiger partial charge in [0.2, 0.25) is 5.91 Å². The third-order valence-electron chi connectivity index (χ3n) is 5.05. The lowest BCUT2D eigenvalue weighted by Crippen LogP contribution is -2.32. The molecule has 1 atom stereocenters. The molecular weight excluding hydrogens is 409 g/mol. The molecule has 0 radical (unpaired) electrons. The molecule has 1 unspecified atom stereocenters. The van der Waals surface area contributed by atoms with Gasteiger partial charge >= 0.3 is 0 Å². The van der Waals surface area contributed by atoms with Crippen molar-refractivity contribution in [3.05, 3.63) is 90.2 Å². The number of carbonyl (C=O) groups is 1. The van der Waals surface area contributed by atoms with Crippen LogP contribution in [0.2, 0.25) is 0 Å². The summed E-state index contributed by atoms with van der Waals surface area (Å²) in [6.07, 6.45) is 0. The van der Waals surface area contributed by atoms with Gasteiger partial charge in [0, 0.05) is 29.9 Å². The third-order valence-corrected chi connectivity index (χ3v) is 6.13. The summed E-state index contributed by atoms with van der Waals surface area (Å²) in [6.45, 7) is 2.44. The zero-order valence-electron chi connectivity index (χ0n) is 17.3. The summed E-state index contributed by atoms with van der Waals surface area (Å²) in [5.74, 6) is -0.262. The second-order valence-electron chi connectivity index (χ2n) is 7.35. The number of aromatic nitrogens is 2. The van der Waals surface area contributed by atoms with Crippen LogP contribution >= 0.6 is 11.8 Å². The molecular formula is C25H22FN3OS. The molecule has 0 spiro atoms. The summed E-state index contributed by atoms with van der Waals surface area (Å²) in [5.41, 5.74) is 2.58. The molecule has 31 heavy (non-hydrogen) atoms. The van der Waals surface area contributed by atoms with Gasteiger partial charge in [-0.15, -0.1) is 10.2 Å². The maximum Gasteiger partial charge on any atom is 0.235 e. The summed E-state index contributed by atoms with van der Waals surface area (Å²) in [6, 6.07) is 24.0. The van der Waals surface area contributed by atoms with Crippen LogP contribution in [0.1, 0.15) is 12.5 Å².